The average Bonchev–Trinajstić information content (AvgIpc) is 2.76. The lowest BCUT2D eigenvalue weighted by atomic mass is 10.1. The molecule has 0 amide bonds. The number of hydrogen-bond acceptors (Lipinski definition) is 8. The molecular weight excluding hydrogens is 416 g/mol. The number of nitriles is 1. The van der Waals surface area contributed by atoms with Crippen molar-refractivity contribution in [3.05, 3.63) is 85.4 Å². The largest absolute Gasteiger partial charge is 0.490 e. The Balaban J connectivity index is 1.82. The maximum Gasteiger partial charge on any atom is 0.395 e. The molecule has 2 N–H and O–H groups in total. The standard InChI is InChI=1S/C22H18N4O6/c1-2-31-18-11-14(8-10-19-24-21(27)20(26(29)30)22(28)25-19)7-9-17(18)32-13-16-6-4-3-5-15(16)12-23/h3-11H,2,13H2,1H3,(H2,24,25,27,28)/b10-8+. The summed E-state index contributed by atoms with van der Waals surface area (Å²) in [7, 11) is 0. The summed E-state index contributed by atoms with van der Waals surface area (Å²) < 4.78 is 11.5. The third kappa shape index (κ3) is 5.09. The molecule has 0 saturated carbocycles. The Labute approximate surface area is 182 Å². The highest BCUT2D eigenvalue weighted by molar-refractivity contribution is 5.68. The Morgan fingerprint density at radius 1 is 1.22 bits per heavy atom. The van der Waals surface area contributed by atoms with E-state index < -0.39 is 22.0 Å². The van der Waals surface area contributed by atoms with Crippen LogP contribution in [0.1, 0.15) is 29.4 Å². The first-order valence-corrected chi connectivity index (χ1v) is 9.46. The maximum absolute atomic E-state index is 11.7. The Bertz CT molecular complexity index is 1280. The van der Waals surface area contributed by atoms with Gasteiger partial charge in [0.25, 0.3) is 5.88 Å². The highest BCUT2D eigenvalue weighted by Crippen LogP contribution is 2.30. The van der Waals surface area contributed by atoms with Gasteiger partial charge in [-0.1, -0.05) is 30.3 Å². The van der Waals surface area contributed by atoms with Crippen LogP contribution in [0, 0.1) is 21.4 Å². The van der Waals surface area contributed by atoms with Crippen LogP contribution in [0.2, 0.25) is 0 Å². The van der Waals surface area contributed by atoms with Crippen LogP contribution in [0.15, 0.2) is 47.3 Å². The zero-order valence-electron chi connectivity index (χ0n) is 16.9. The van der Waals surface area contributed by atoms with Crippen molar-refractivity contribution < 1.29 is 19.5 Å². The molecule has 0 saturated heterocycles. The first-order valence-electron chi connectivity index (χ1n) is 9.46. The van der Waals surface area contributed by atoms with Gasteiger partial charge in [-0.2, -0.15) is 10.2 Å². The first-order chi connectivity index (χ1) is 15.4. The van der Waals surface area contributed by atoms with Crippen molar-refractivity contribution in [2.45, 2.75) is 13.5 Å². The van der Waals surface area contributed by atoms with E-state index in [0.717, 1.165) is 5.56 Å². The van der Waals surface area contributed by atoms with Crippen molar-refractivity contribution in [3.8, 4) is 23.4 Å². The Hall–Kier alpha value is -4.65. The molecule has 0 fully saturated rings. The Morgan fingerprint density at radius 3 is 2.69 bits per heavy atom. The van der Waals surface area contributed by atoms with Gasteiger partial charge in [0, 0.05) is 5.56 Å². The quantitative estimate of drug-likeness (QED) is 0.404. The zero-order chi connectivity index (χ0) is 23.1. The van der Waals surface area contributed by atoms with E-state index in [1.807, 2.05) is 19.1 Å². The van der Waals surface area contributed by atoms with Crippen LogP contribution in [-0.2, 0) is 6.61 Å². The van der Waals surface area contributed by atoms with Gasteiger partial charge >= 0.3 is 11.2 Å². The molecule has 10 nitrogen and oxygen atoms in total. The van der Waals surface area contributed by atoms with Gasteiger partial charge in [-0.25, -0.2) is 0 Å². The summed E-state index contributed by atoms with van der Waals surface area (Å²) in [5.41, 5.74) is -0.134. The number of nitrogens with zero attached hydrogens (tertiary/aromatic N) is 3. The lowest BCUT2D eigenvalue weighted by Gasteiger charge is -2.13. The van der Waals surface area contributed by atoms with Crippen molar-refractivity contribution in [2.75, 3.05) is 6.61 Å². The number of ether oxygens (including phenoxy) is 2. The zero-order valence-corrected chi connectivity index (χ0v) is 16.9. The molecule has 0 aliphatic carbocycles. The smallest absolute Gasteiger partial charge is 0.395 e. The molecule has 162 valence electrons. The molecule has 0 bridgehead atoms. The van der Waals surface area contributed by atoms with Gasteiger partial charge in [-0.15, -0.1) is 0 Å². The number of aromatic hydroxyl groups is 1. The topological polar surface area (TPSA) is 151 Å². The highest BCUT2D eigenvalue weighted by atomic mass is 16.6. The van der Waals surface area contributed by atoms with E-state index in [1.165, 1.54) is 6.08 Å². The third-order valence-corrected chi connectivity index (χ3v) is 4.30. The van der Waals surface area contributed by atoms with Crippen LogP contribution in [0.4, 0.5) is 5.69 Å². The lowest BCUT2D eigenvalue weighted by Crippen LogP contribution is -2.14. The first kappa shape index (κ1) is 22.0. The maximum atomic E-state index is 11.7. The van der Waals surface area contributed by atoms with Gasteiger partial charge in [-0.05, 0) is 36.8 Å². The molecule has 0 unspecified atom stereocenters. The van der Waals surface area contributed by atoms with Gasteiger partial charge in [0.1, 0.15) is 12.4 Å². The molecule has 0 aliphatic rings. The van der Waals surface area contributed by atoms with E-state index in [0.29, 0.717) is 29.2 Å². The van der Waals surface area contributed by atoms with Gasteiger partial charge in [0.2, 0.25) is 0 Å². The minimum absolute atomic E-state index is 0.0514. The molecule has 0 aliphatic heterocycles. The molecule has 3 rings (SSSR count). The number of nitro groups is 1. The van der Waals surface area contributed by atoms with E-state index in [4.69, 9.17) is 9.47 Å². The fourth-order valence-corrected chi connectivity index (χ4v) is 2.82. The Kier molecular flexibility index (Phi) is 6.82. The van der Waals surface area contributed by atoms with Crippen LogP contribution in [0.5, 0.6) is 17.4 Å². The second-order valence-corrected chi connectivity index (χ2v) is 6.41. The molecule has 3 aromatic rings. The van der Waals surface area contributed by atoms with Crippen LogP contribution >= 0.6 is 0 Å². The van der Waals surface area contributed by atoms with E-state index in [-0.39, 0.29) is 12.4 Å². The second-order valence-electron chi connectivity index (χ2n) is 6.41. The second kappa shape index (κ2) is 9.90. The molecule has 0 atom stereocenters. The lowest BCUT2D eigenvalue weighted by molar-refractivity contribution is -0.387. The molecule has 0 spiro atoms. The number of aromatic amines is 1. The minimum atomic E-state index is -1.06. The normalized spacial score (nSPS) is 10.6. The molecule has 1 aromatic heterocycles. The van der Waals surface area contributed by atoms with Crippen LogP contribution in [0.3, 0.4) is 0 Å². The monoisotopic (exact) mass is 434 g/mol. The predicted molar refractivity (Wildman–Crippen MR) is 115 cm³/mol. The summed E-state index contributed by atoms with van der Waals surface area (Å²) in [5, 5.41) is 29.6. The van der Waals surface area contributed by atoms with Crippen LogP contribution < -0.4 is 15.0 Å². The van der Waals surface area contributed by atoms with Gasteiger partial charge in [-0.3, -0.25) is 14.9 Å². The van der Waals surface area contributed by atoms with Crippen LogP contribution in [0.25, 0.3) is 12.2 Å². The van der Waals surface area contributed by atoms with Crippen molar-refractivity contribution in [1.82, 2.24) is 9.97 Å². The van der Waals surface area contributed by atoms with Crippen molar-refractivity contribution in [2.24, 2.45) is 0 Å². The average molecular weight is 434 g/mol. The van der Waals surface area contributed by atoms with Crippen molar-refractivity contribution in [3.63, 3.8) is 0 Å². The summed E-state index contributed by atoms with van der Waals surface area (Å²) in [5.74, 6) is -0.0624. The number of aromatic nitrogens is 2. The summed E-state index contributed by atoms with van der Waals surface area (Å²) in [6.45, 7) is 2.40. The van der Waals surface area contributed by atoms with E-state index in [9.17, 15) is 25.3 Å². The summed E-state index contributed by atoms with van der Waals surface area (Å²) in [6.07, 6.45) is 2.97. The number of rotatable bonds is 8. The van der Waals surface area contributed by atoms with Gasteiger partial charge in [0.05, 0.1) is 23.2 Å². The molecular formula is C22H18N4O6. The van der Waals surface area contributed by atoms with E-state index >= 15 is 0 Å². The number of nitrogens with one attached hydrogen (secondary N) is 1. The van der Waals surface area contributed by atoms with Gasteiger partial charge < -0.3 is 19.6 Å². The summed E-state index contributed by atoms with van der Waals surface area (Å²) >= 11 is 0. The van der Waals surface area contributed by atoms with Crippen molar-refractivity contribution >= 4 is 17.8 Å². The number of hydrogen-bond donors (Lipinski definition) is 2. The SMILES string of the molecule is CCOc1cc(/C=C/c2nc(O)c([N+](=O)[O-])c(=O)[nH]2)ccc1OCc1ccccc1C#N. The molecule has 32 heavy (non-hydrogen) atoms. The fourth-order valence-electron chi connectivity index (χ4n) is 2.82. The predicted octanol–water partition coefficient (Wildman–Crippen LogP) is 3.40. The highest BCUT2D eigenvalue weighted by Gasteiger charge is 2.21. The fraction of sp³-hybridized carbons (Fsp3) is 0.136. The molecule has 0 radical (unpaired) electrons. The van der Waals surface area contributed by atoms with E-state index in [2.05, 4.69) is 16.0 Å². The Morgan fingerprint density at radius 2 is 2.00 bits per heavy atom. The van der Waals surface area contributed by atoms with Crippen LogP contribution in [-0.4, -0.2) is 26.6 Å². The molecule has 2 aromatic carbocycles. The minimum Gasteiger partial charge on any atom is -0.490 e. The van der Waals surface area contributed by atoms with E-state index in [1.54, 1.807) is 36.4 Å². The van der Waals surface area contributed by atoms with Crippen molar-refractivity contribution in [1.29, 1.82) is 5.26 Å². The van der Waals surface area contributed by atoms with Gasteiger partial charge in [0.15, 0.2) is 11.5 Å². The summed E-state index contributed by atoms with van der Waals surface area (Å²) in [6, 6.07) is 14.4. The molecule has 10 heteroatoms. The molecule has 1 heterocycles. The third-order valence-electron chi connectivity index (χ3n) is 4.30. The number of H-pyrrole nitrogens is 1. The summed E-state index contributed by atoms with van der Waals surface area (Å²) in [4.78, 5) is 27.4. The number of benzene rings is 2.